The van der Waals surface area contributed by atoms with Gasteiger partial charge in [0.25, 0.3) is 0 Å². The average Bonchev–Trinajstić information content (AvgIpc) is 2.60. The molecule has 1 aromatic carbocycles. The molecule has 0 fully saturated rings. The van der Waals surface area contributed by atoms with Crippen molar-refractivity contribution in [2.75, 3.05) is 13.6 Å². The second-order valence-corrected chi connectivity index (χ2v) is 3.94. The molecule has 2 nitrogen and oxygen atoms in total. The van der Waals surface area contributed by atoms with Gasteiger partial charge in [0.2, 0.25) is 0 Å². The molecule has 2 heteroatoms. The van der Waals surface area contributed by atoms with E-state index in [9.17, 15) is 0 Å². The van der Waals surface area contributed by atoms with E-state index in [1.165, 1.54) is 16.7 Å². The number of hydrogen-bond donors (Lipinski definition) is 1. The highest BCUT2D eigenvalue weighted by molar-refractivity contribution is 5.34. The van der Waals surface area contributed by atoms with E-state index in [0.29, 0.717) is 0 Å². The molecule has 0 saturated carbocycles. The Morgan fingerprint density at radius 1 is 1.29 bits per heavy atom. The minimum atomic E-state index is 0.972. The van der Waals surface area contributed by atoms with Crippen LogP contribution in [0, 0.1) is 0 Å². The summed E-state index contributed by atoms with van der Waals surface area (Å²) < 4.78 is 0. The van der Waals surface area contributed by atoms with Crippen molar-refractivity contribution in [3.05, 3.63) is 34.9 Å². The molecular weight excluding hydrogens is 172 g/mol. The Hall–Kier alpha value is -0.860. The van der Waals surface area contributed by atoms with Crippen molar-refractivity contribution in [2.45, 2.75) is 26.6 Å². The molecule has 0 bridgehead atoms. The van der Waals surface area contributed by atoms with Crippen LogP contribution in [0.25, 0.3) is 0 Å². The molecule has 0 unspecified atom stereocenters. The highest BCUT2D eigenvalue weighted by Crippen LogP contribution is 2.23. The normalized spacial score (nSPS) is 15.9. The molecule has 0 aliphatic carbocycles. The van der Waals surface area contributed by atoms with Crippen LogP contribution in [0.5, 0.6) is 0 Å². The smallest absolute Gasteiger partial charge is 0.0240 e. The molecule has 14 heavy (non-hydrogen) atoms. The SMILES string of the molecule is CCN1Cc2ccc(CNC)cc2C1. The summed E-state index contributed by atoms with van der Waals surface area (Å²) >= 11 is 0. The second-order valence-electron chi connectivity index (χ2n) is 3.94. The number of benzene rings is 1. The maximum absolute atomic E-state index is 3.19. The Kier molecular flexibility index (Phi) is 2.85. The number of rotatable bonds is 3. The van der Waals surface area contributed by atoms with E-state index in [1.807, 2.05) is 7.05 Å². The largest absolute Gasteiger partial charge is 0.316 e. The predicted molar refractivity (Wildman–Crippen MR) is 59.0 cm³/mol. The van der Waals surface area contributed by atoms with Crippen LogP contribution in [0.4, 0.5) is 0 Å². The first-order valence-corrected chi connectivity index (χ1v) is 5.31. The molecule has 1 aliphatic heterocycles. The monoisotopic (exact) mass is 190 g/mol. The summed E-state index contributed by atoms with van der Waals surface area (Å²) in [6, 6.07) is 6.84. The molecule has 0 saturated heterocycles. The molecule has 0 spiro atoms. The van der Waals surface area contributed by atoms with Crippen LogP contribution in [-0.2, 0) is 19.6 Å². The zero-order valence-corrected chi connectivity index (χ0v) is 9.01. The Bertz CT molecular complexity index is 320. The third-order valence-electron chi connectivity index (χ3n) is 2.89. The number of nitrogens with one attached hydrogen (secondary N) is 1. The van der Waals surface area contributed by atoms with Crippen molar-refractivity contribution in [2.24, 2.45) is 0 Å². The van der Waals surface area contributed by atoms with E-state index >= 15 is 0 Å². The fourth-order valence-electron chi connectivity index (χ4n) is 2.06. The van der Waals surface area contributed by atoms with E-state index in [4.69, 9.17) is 0 Å². The molecule has 1 aliphatic rings. The number of fused-ring (bicyclic) bond motifs is 1. The maximum atomic E-state index is 3.19. The first-order valence-electron chi connectivity index (χ1n) is 5.31. The highest BCUT2D eigenvalue weighted by atomic mass is 15.1. The predicted octanol–water partition coefficient (Wildman–Crippen LogP) is 1.74. The molecule has 1 heterocycles. The molecule has 76 valence electrons. The molecule has 2 rings (SSSR count). The van der Waals surface area contributed by atoms with E-state index in [2.05, 4.69) is 35.3 Å². The van der Waals surface area contributed by atoms with E-state index in [-0.39, 0.29) is 0 Å². The van der Waals surface area contributed by atoms with E-state index in [1.54, 1.807) is 0 Å². The van der Waals surface area contributed by atoms with Gasteiger partial charge in [0.1, 0.15) is 0 Å². The summed E-state index contributed by atoms with van der Waals surface area (Å²) in [5, 5.41) is 3.19. The van der Waals surface area contributed by atoms with Crippen molar-refractivity contribution in [3.8, 4) is 0 Å². The van der Waals surface area contributed by atoms with Gasteiger partial charge in [-0.1, -0.05) is 25.1 Å². The first-order chi connectivity index (χ1) is 6.83. The minimum absolute atomic E-state index is 0.972. The molecule has 1 N–H and O–H groups in total. The van der Waals surface area contributed by atoms with Crippen molar-refractivity contribution in [1.82, 2.24) is 10.2 Å². The molecule has 0 atom stereocenters. The zero-order chi connectivity index (χ0) is 9.97. The summed E-state index contributed by atoms with van der Waals surface area (Å²) in [5.41, 5.74) is 4.41. The van der Waals surface area contributed by atoms with Crippen molar-refractivity contribution < 1.29 is 0 Å². The van der Waals surface area contributed by atoms with Crippen LogP contribution in [0.1, 0.15) is 23.6 Å². The molecular formula is C12H18N2. The van der Waals surface area contributed by atoms with Crippen molar-refractivity contribution in [1.29, 1.82) is 0 Å². The van der Waals surface area contributed by atoms with Gasteiger partial charge in [-0.05, 0) is 30.3 Å². The van der Waals surface area contributed by atoms with Crippen LogP contribution in [0.2, 0.25) is 0 Å². The van der Waals surface area contributed by atoms with Crippen LogP contribution >= 0.6 is 0 Å². The van der Waals surface area contributed by atoms with Gasteiger partial charge in [-0.2, -0.15) is 0 Å². The summed E-state index contributed by atoms with van der Waals surface area (Å²) in [6.07, 6.45) is 0. The Labute approximate surface area is 85.9 Å². The van der Waals surface area contributed by atoms with Crippen LogP contribution in [-0.4, -0.2) is 18.5 Å². The lowest BCUT2D eigenvalue weighted by Gasteiger charge is -2.09. The summed E-state index contributed by atoms with van der Waals surface area (Å²) in [5.74, 6) is 0. The number of hydrogen-bond acceptors (Lipinski definition) is 2. The van der Waals surface area contributed by atoms with Gasteiger partial charge in [-0.15, -0.1) is 0 Å². The van der Waals surface area contributed by atoms with E-state index in [0.717, 1.165) is 26.2 Å². The fraction of sp³-hybridized carbons (Fsp3) is 0.500. The molecule has 1 aromatic rings. The van der Waals surface area contributed by atoms with Gasteiger partial charge >= 0.3 is 0 Å². The quantitative estimate of drug-likeness (QED) is 0.781. The number of nitrogens with zero attached hydrogens (tertiary/aromatic N) is 1. The lowest BCUT2D eigenvalue weighted by atomic mass is 10.1. The topological polar surface area (TPSA) is 15.3 Å². The van der Waals surface area contributed by atoms with Crippen LogP contribution < -0.4 is 5.32 Å². The van der Waals surface area contributed by atoms with Gasteiger partial charge in [-0.3, -0.25) is 4.90 Å². The third kappa shape index (κ3) is 1.81. The zero-order valence-electron chi connectivity index (χ0n) is 9.01. The van der Waals surface area contributed by atoms with Crippen LogP contribution in [0.15, 0.2) is 18.2 Å². The molecule has 0 radical (unpaired) electrons. The van der Waals surface area contributed by atoms with Gasteiger partial charge in [0, 0.05) is 19.6 Å². The highest BCUT2D eigenvalue weighted by Gasteiger charge is 2.16. The summed E-state index contributed by atoms with van der Waals surface area (Å²) in [6.45, 7) is 6.60. The molecule has 0 aromatic heterocycles. The van der Waals surface area contributed by atoms with Gasteiger partial charge in [-0.25, -0.2) is 0 Å². The summed E-state index contributed by atoms with van der Waals surface area (Å²) in [7, 11) is 1.99. The Balaban J connectivity index is 2.17. The molecule has 0 amide bonds. The third-order valence-corrected chi connectivity index (χ3v) is 2.89. The van der Waals surface area contributed by atoms with Gasteiger partial charge < -0.3 is 5.32 Å². The second kappa shape index (κ2) is 4.11. The standard InChI is InChI=1S/C12H18N2/c1-3-14-8-11-5-4-10(7-13-2)6-12(11)9-14/h4-6,13H,3,7-9H2,1-2H3. The first kappa shape index (κ1) is 9.69. The van der Waals surface area contributed by atoms with E-state index < -0.39 is 0 Å². The Morgan fingerprint density at radius 2 is 2.07 bits per heavy atom. The van der Waals surface area contributed by atoms with Gasteiger partial charge in [0.15, 0.2) is 0 Å². The minimum Gasteiger partial charge on any atom is -0.316 e. The average molecular weight is 190 g/mol. The maximum Gasteiger partial charge on any atom is 0.0240 e. The van der Waals surface area contributed by atoms with Crippen LogP contribution in [0.3, 0.4) is 0 Å². The van der Waals surface area contributed by atoms with Crippen molar-refractivity contribution >= 4 is 0 Å². The summed E-state index contributed by atoms with van der Waals surface area (Å²) in [4.78, 5) is 2.47. The van der Waals surface area contributed by atoms with Crippen molar-refractivity contribution in [3.63, 3.8) is 0 Å². The van der Waals surface area contributed by atoms with Gasteiger partial charge in [0.05, 0.1) is 0 Å². The fourth-order valence-corrected chi connectivity index (χ4v) is 2.06. The lowest BCUT2D eigenvalue weighted by Crippen LogP contribution is -2.14. The Morgan fingerprint density at radius 3 is 2.79 bits per heavy atom. The lowest BCUT2D eigenvalue weighted by molar-refractivity contribution is 0.301.